The number of rotatable bonds is 5. The molecule has 6 nitrogen and oxygen atoms in total. The summed E-state index contributed by atoms with van der Waals surface area (Å²) in [7, 11) is 3.75. The van der Waals surface area contributed by atoms with Gasteiger partial charge in [0.25, 0.3) is 5.91 Å². The summed E-state index contributed by atoms with van der Waals surface area (Å²) in [6.07, 6.45) is 0.108. The Morgan fingerprint density at radius 3 is 2.47 bits per heavy atom. The molecule has 0 aliphatic heterocycles. The molecule has 104 valence electrons. The van der Waals surface area contributed by atoms with Gasteiger partial charge in [-0.3, -0.25) is 9.59 Å². The van der Waals surface area contributed by atoms with Crippen LogP contribution < -0.4 is 21.7 Å². The highest BCUT2D eigenvalue weighted by Crippen LogP contribution is 2.22. The summed E-state index contributed by atoms with van der Waals surface area (Å²) in [6.45, 7) is 1.72. The van der Waals surface area contributed by atoms with Gasteiger partial charge in [0.15, 0.2) is 0 Å². The summed E-state index contributed by atoms with van der Waals surface area (Å²) in [5, 5.41) is 2.69. The number of primary amides is 1. The predicted octanol–water partition coefficient (Wildman–Crippen LogP) is 0.329. The molecule has 1 rings (SSSR count). The van der Waals surface area contributed by atoms with Gasteiger partial charge in [0, 0.05) is 32.1 Å². The molecule has 1 atom stereocenters. The van der Waals surface area contributed by atoms with E-state index in [0.29, 0.717) is 11.3 Å². The average molecular weight is 264 g/mol. The quantitative estimate of drug-likeness (QED) is 0.667. The van der Waals surface area contributed by atoms with Gasteiger partial charge in [0.05, 0.1) is 11.4 Å². The largest absolute Gasteiger partial charge is 0.397 e. The van der Waals surface area contributed by atoms with Crippen molar-refractivity contribution in [3.63, 3.8) is 0 Å². The smallest absolute Gasteiger partial charge is 0.251 e. The van der Waals surface area contributed by atoms with Crippen molar-refractivity contribution in [2.45, 2.75) is 19.4 Å². The number of nitrogens with zero attached hydrogens (tertiary/aromatic N) is 1. The van der Waals surface area contributed by atoms with E-state index < -0.39 is 5.91 Å². The van der Waals surface area contributed by atoms with E-state index in [0.717, 1.165) is 5.69 Å². The lowest BCUT2D eigenvalue weighted by Gasteiger charge is -2.17. The lowest BCUT2D eigenvalue weighted by Crippen LogP contribution is -2.35. The van der Waals surface area contributed by atoms with Crippen molar-refractivity contribution in [3.05, 3.63) is 23.8 Å². The zero-order chi connectivity index (χ0) is 14.6. The van der Waals surface area contributed by atoms with Crippen molar-refractivity contribution in [2.75, 3.05) is 24.7 Å². The van der Waals surface area contributed by atoms with Gasteiger partial charge in [-0.05, 0) is 25.1 Å². The molecular weight excluding hydrogens is 244 g/mol. The molecule has 0 aliphatic rings. The third-order valence-electron chi connectivity index (χ3n) is 2.66. The highest BCUT2D eigenvalue weighted by Gasteiger charge is 2.13. The third-order valence-corrected chi connectivity index (χ3v) is 2.66. The number of hydrogen-bond donors (Lipinski definition) is 3. The van der Waals surface area contributed by atoms with E-state index in [-0.39, 0.29) is 18.4 Å². The Bertz CT molecular complexity index is 486. The molecule has 1 unspecified atom stereocenters. The maximum atomic E-state index is 11.9. The normalized spacial score (nSPS) is 11.7. The maximum Gasteiger partial charge on any atom is 0.251 e. The second-order valence-electron chi connectivity index (χ2n) is 4.71. The minimum Gasteiger partial charge on any atom is -0.397 e. The number of carbonyl (C=O) groups is 2. The summed E-state index contributed by atoms with van der Waals surface area (Å²) >= 11 is 0. The van der Waals surface area contributed by atoms with Crippen LogP contribution in [0.5, 0.6) is 0 Å². The van der Waals surface area contributed by atoms with Crippen molar-refractivity contribution in [1.29, 1.82) is 0 Å². The molecule has 0 spiro atoms. The van der Waals surface area contributed by atoms with Crippen LogP contribution in [0.15, 0.2) is 18.2 Å². The molecule has 1 aromatic carbocycles. The standard InChI is InChI=1S/C13H20N4O2/c1-8(6-12(15)18)16-13(19)9-4-5-11(17(2)3)10(14)7-9/h4-5,7-8H,6,14H2,1-3H3,(H2,15,18)(H,16,19). The van der Waals surface area contributed by atoms with Crippen molar-refractivity contribution >= 4 is 23.2 Å². The number of amides is 2. The summed E-state index contributed by atoms with van der Waals surface area (Å²) in [5.41, 5.74) is 12.8. The second kappa shape index (κ2) is 6.08. The van der Waals surface area contributed by atoms with Crippen molar-refractivity contribution in [3.8, 4) is 0 Å². The Kier molecular flexibility index (Phi) is 4.74. The van der Waals surface area contributed by atoms with Crippen LogP contribution in [0.1, 0.15) is 23.7 Å². The topological polar surface area (TPSA) is 101 Å². The number of anilines is 2. The summed E-state index contributed by atoms with van der Waals surface area (Å²) < 4.78 is 0. The van der Waals surface area contributed by atoms with Crippen LogP contribution in [0.25, 0.3) is 0 Å². The van der Waals surface area contributed by atoms with Gasteiger partial charge >= 0.3 is 0 Å². The summed E-state index contributed by atoms with van der Waals surface area (Å²) in [4.78, 5) is 24.6. The van der Waals surface area contributed by atoms with Gasteiger partial charge in [0.2, 0.25) is 5.91 Å². The molecule has 0 bridgehead atoms. The molecule has 1 aromatic rings. The Morgan fingerprint density at radius 1 is 1.37 bits per heavy atom. The minimum absolute atomic E-state index is 0.108. The Morgan fingerprint density at radius 2 is 2.00 bits per heavy atom. The first-order valence-corrected chi connectivity index (χ1v) is 5.97. The molecule has 0 radical (unpaired) electrons. The fourth-order valence-corrected chi connectivity index (χ4v) is 1.76. The minimum atomic E-state index is -0.449. The van der Waals surface area contributed by atoms with E-state index in [1.165, 1.54) is 0 Å². The van der Waals surface area contributed by atoms with Crippen LogP contribution in [0, 0.1) is 0 Å². The number of nitrogen functional groups attached to an aromatic ring is 1. The van der Waals surface area contributed by atoms with Crippen LogP contribution in [-0.4, -0.2) is 32.0 Å². The molecule has 0 aromatic heterocycles. The Balaban J connectivity index is 2.78. The number of benzene rings is 1. The van der Waals surface area contributed by atoms with Crippen LogP contribution in [0.2, 0.25) is 0 Å². The second-order valence-corrected chi connectivity index (χ2v) is 4.71. The van der Waals surface area contributed by atoms with Crippen LogP contribution in [0.4, 0.5) is 11.4 Å². The first kappa shape index (κ1) is 14.8. The van der Waals surface area contributed by atoms with E-state index in [9.17, 15) is 9.59 Å². The van der Waals surface area contributed by atoms with E-state index in [2.05, 4.69) is 5.32 Å². The molecule has 0 saturated heterocycles. The molecule has 2 amide bonds. The number of carbonyl (C=O) groups excluding carboxylic acids is 2. The lowest BCUT2D eigenvalue weighted by atomic mass is 10.1. The maximum absolute atomic E-state index is 11.9. The Hall–Kier alpha value is -2.24. The van der Waals surface area contributed by atoms with Crippen LogP contribution >= 0.6 is 0 Å². The van der Waals surface area contributed by atoms with Crippen molar-refractivity contribution < 1.29 is 9.59 Å². The lowest BCUT2D eigenvalue weighted by molar-refractivity contribution is -0.118. The highest BCUT2D eigenvalue weighted by molar-refractivity contribution is 5.96. The summed E-state index contributed by atoms with van der Waals surface area (Å²) in [5.74, 6) is -0.721. The van der Waals surface area contributed by atoms with Crippen molar-refractivity contribution in [2.24, 2.45) is 5.73 Å². The highest BCUT2D eigenvalue weighted by atomic mass is 16.2. The molecule has 6 heteroatoms. The fourth-order valence-electron chi connectivity index (χ4n) is 1.76. The van der Waals surface area contributed by atoms with Crippen molar-refractivity contribution in [1.82, 2.24) is 5.32 Å². The molecule has 19 heavy (non-hydrogen) atoms. The number of nitrogens with two attached hydrogens (primary N) is 2. The van der Waals surface area contributed by atoms with Gasteiger partial charge < -0.3 is 21.7 Å². The monoisotopic (exact) mass is 264 g/mol. The van der Waals surface area contributed by atoms with Gasteiger partial charge in [-0.15, -0.1) is 0 Å². The average Bonchev–Trinajstić information content (AvgIpc) is 2.26. The van der Waals surface area contributed by atoms with Gasteiger partial charge in [-0.2, -0.15) is 0 Å². The third kappa shape index (κ3) is 4.17. The van der Waals surface area contributed by atoms with E-state index >= 15 is 0 Å². The SMILES string of the molecule is CC(CC(N)=O)NC(=O)c1ccc(N(C)C)c(N)c1. The zero-order valence-electron chi connectivity index (χ0n) is 11.4. The first-order valence-electron chi connectivity index (χ1n) is 5.97. The van der Waals surface area contributed by atoms with E-state index in [1.807, 2.05) is 19.0 Å². The summed E-state index contributed by atoms with van der Waals surface area (Å²) in [6, 6.07) is 4.78. The fraction of sp³-hybridized carbons (Fsp3) is 0.385. The zero-order valence-corrected chi connectivity index (χ0v) is 11.4. The molecule has 0 heterocycles. The molecule has 0 fully saturated rings. The molecular formula is C13H20N4O2. The predicted molar refractivity (Wildman–Crippen MR) is 75.9 cm³/mol. The van der Waals surface area contributed by atoms with Gasteiger partial charge in [0.1, 0.15) is 0 Å². The molecule has 5 N–H and O–H groups in total. The number of nitrogens with one attached hydrogen (secondary N) is 1. The van der Waals surface area contributed by atoms with Crippen LogP contribution in [-0.2, 0) is 4.79 Å². The first-order chi connectivity index (χ1) is 8.81. The van der Waals surface area contributed by atoms with Gasteiger partial charge in [-0.1, -0.05) is 0 Å². The molecule has 0 saturated carbocycles. The van der Waals surface area contributed by atoms with E-state index in [4.69, 9.17) is 11.5 Å². The van der Waals surface area contributed by atoms with Crippen LogP contribution in [0.3, 0.4) is 0 Å². The molecule has 0 aliphatic carbocycles. The van der Waals surface area contributed by atoms with Gasteiger partial charge in [-0.25, -0.2) is 0 Å². The Labute approximate surface area is 112 Å². The van der Waals surface area contributed by atoms with E-state index in [1.54, 1.807) is 25.1 Å². The number of hydrogen-bond acceptors (Lipinski definition) is 4.